The van der Waals surface area contributed by atoms with Crippen molar-refractivity contribution in [2.75, 3.05) is 5.32 Å². The highest BCUT2D eigenvalue weighted by molar-refractivity contribution is 7.09. The van der Waals surface area contributed by atoms with E-state index in [4.69, 9.17) is 5.11 Å². The van der Waals surface area contributed by atoms with Gasteiger partial charge in [-0.15, -0.1) is 11.3 Å². The third kappa shape index (κ3) is 3.27. The van der Waals surface area contributed by atoms with Gasteiger partial charge in [-0.05, 0) is 20.8 Å². The Bertz CT molecular complexity index is 707. The van der Waals surface area contributed by atoms with Crippen LogP contribution in [0.15, 0.2) is 22.6 Å². The zero-order valence-electron chi connectivity index (χ0n) is 11.9. The van der Waals surface area contributed by atoms with Gasteiger partial charge in [-0.1, -0.05) is 0 Å². The lowest BCUT2D eigenvalue weighted by molar-refractivity contribution is 0.0691. The molecule has 7 nitrogen and oxygen atoms in total. The van der Waals surface area contributed by atoms with Gasteiger partial charge in [0.05, 0.1) is 6.04 Å². The summed E-state index contributed by atoms with van der Waals surface area (Å²) in [5.41, 5.74) is -0.210. The molecule has 0 aliphatic rings. The van der Waals surface area contributed by atoms with Gasteiger partial charge in [0, 0.05) is 23.8 Å². The van der Waals surface area contributed by atoms with Gasteiger partial charge in [0.1, 0.15) is 5.01 Å². The Morgan fingerprint density at radius 3 is 2.71 bits per heavy atom. The molecular formula is C13H16N4O3S. The first kappa shape index (κ1) is 15.2. The van der Waals surface area contributed by atoms with Crippen LogP contribution in [0.1, 0.15) is 48.4 Å². The molecule has 0 spiro atoms. The van der Waals surface area contributed by atoms with Crippen LogP contribution in [-0.4, -0.2) is 25.6 Å². The Balaban J connectivity index is 2.23. The Morgan fingerprint density at radius 2 is 2.14 bits per heavy atom. The number of hydrogen-bond donors (Lipinski definition) is 2. The van der Waals surface area contributed by atoms with Gasteiger partial charge in [0.25, 0.3) is 5.56 Å². The molecular weight excluding hydrogens is 292 g/mol. The zero-order valence-corrected chi connectivity index (χ0v) is 12.7. The Labute approximate surface area is 125 Å². The first-order valence-electron chi connectivity index (χ1n) is 6.42. The topological polar surface area (TPSA) is 97.1 Å². The van der Waals surface area contributed by atoms with Crippen molar-refractivity contribution in [3.63, 3.8) is 0 Å². The second kappa shape index (κ2) is 6.04. The minimum absolute atomic E-state index is 0.00395. The summed E-state index contributed by atoms with van der Waals surface area (Å²) in [7, 11) is 0. The predicted octanol–water partition coefficient (Wildman–Crippen LogP) is 2.15. The van der Waals surface area contributed by atoms with Crippen LogP contribution in [0, 0.1) is 0 Å². The molecule has 2 aromatic heterocycles. The van der Waals surface area contributed by atoms with Gasteiger partial charge in [-0.3, -0.25) is 4.79 Å². The Kier molecular flexibility index (Phi) is 4.37. The number of carboxylic acid groups (broad SMARTS) is 1. The van der Waals surface area contributed by atoms with Crippen molar-refractivity contribution in [3.05, 3.63) is 38.8 Å². The van der Waals surface area contributed by atoms with Crippen molar-refractivity contribution in [1.29, 1.82) is 0 Å². The van der Waals surface area contributed by atoms with Gasteiger partial charge in [-0.25, -0.2) is 14.8 Å². The highest BCUT2D eigenvalue weighted by Gasteiger charge is 2.16. The number of rotatable bonds is 5. The maximum atomic E-state index is 12.2. The maximum absolute atomic E-state index is 12.2. The average molecular weight is 308 g/mol. The highest BCUT2D eigenvalue weighted by Crippen LogP contribution is 2.20. The number of carboxylic acids is 1. The quantitative estimate of drug-likeness (QED) is 0.878. The number of nitrogens with one attached hydrogen (secondary N) is 1. The van der Waals surface area contributed by atoms with E-state index in [9.17, 15) is 9.59 Å². The molecule has 2 N–H and O–H groups in total. The van der Waals surface area contributed by atoms with Crippen LogP contribution in [-0.2, 0) is 0 Å². The van der Waals surface area contributed by atoms with Crippen molar-refractivity contribution in [2.45, 2.75) is 32.9 Å². The second-order valence-corrected chi connectivity index (χ2v) is 5.71. The first-order chi connectivity index (χ1) is 9.90. The summed E-state index contributed by atoms with van der Waals surface area (Å²) >= 11 is 1.23. The summed E-state index contributed by atoms with van der Waals surface area (Å²) in [4.78, 5) is 31.1. The van der Waals surface area contributed by atoms with E-state index in [2.05, 4.69) is 15.3 Å². The normalized spacial score (nSPS) is 12.4. The number of nitrogens with zero attached hydrogens (tertiary/aromatic N) is 3. The molecule has 2 rings (SSSR count). The van der Waals surface area contributed by atoms with E-state index in [0.717, 1.165) is 0 Å². The predicted molar refractivity (Wildman–Crippen MR) is 80.0 cm³/mol. The molecule has 0 saturated carbocycles. The summed E-state index contributed by atoms with van der Waals surface area (Å²) < 4.78 is 1.58. The third-order valence-electron chi connectivity index (χ3n) is 2.89. The summed E-state index contributed by atoms with van der Waals surface area (Å²) in [6, 6.07) is -0.263. The molecule has 112 valence electrons. The van der Waals surface area contributed by atoms with E-state index in [-0.39, 0.29) is 29.2 Å². The van der Waals surface area contributed by atoms with Gasteiger partial charge in [-0.2, -0.15) is 0 Å². The molecule has 2 aromatic rings. The fourth-order valence-electron chi connectivity index (χ4n) is 1.78. The van der Waals surface area contributed by atoms with Crippen LogP contribution >= 0.6 is 11.3 Å². The highest BCUT2D eigenvalue weighted by atomic mass is 32.1. The van der Waals surface area contributed by atoms with Crippen LogP contribution in [0.4, 0.5) is 5.82 Å². The van der Waals surface area contributed by atoms with Crippen LogP contribution in [0.2, 0.25) is 0 Å². The number of aromatic carboxylic acids is 1. The van der Waals surface area contributed by atoms with Gasteiger partial charge < -0.3 is 15.0 Å². The molecule has 0 amide bonds. The fourth-order valence-corrected chi connectivity index (χ4v) is 2.58. The SMILES string of the molecule is CC(Nc1nccn(C(C)C)c1=O)c1nc(C(=O)O)cs1. The first-order valence-corrected chi connectivity index (χ1v) is 7.30. The van der Waals surface area contributed by atoms with Crippen molar-refractivity contribution < 1.29 is 9.90 Å². The average Bonchev–Trinajstić information content (AvgIpc) is 2.90. The maximum Gasteiger partial charge on any atom is 0.355 e. The molecule has 0 aliphatic carbocycles. The summed E-state index contributed by atoms with van der Waals surface area (Å²) in [6.45, 7) is 5.63. The second-order valence-electron chi connectivity index (χ2n) is 4.82. The summed E-state index contributed by atoms with van der Waals surface area (Å²) in [5, 5.41) is 13.9. The lowest BCUT2D eigenvalue weighted by atomic mass is 10.3. The number of carbonyl (C=O) groups is 1. The van der Waals surface area contributed by atoms with Crippen molar-refractivity contribution in [1.82, 2.24) is 14.5 Å². The number of thiazole rings is 1. The number of aromatic nitrogens is 3. The van der Waals surface area contributed by atoms with Gasteiger partial charge in [0.15, 0.2) is 11.5 Å². The lowest BCUT2D eigenvalue weighted by Gasteiger charge is -2.14. The molecule has 8 heteroatoms. The third-order valence-corrected chi connectivity index (χ3v) is 3.92. The minimum atomic E-state index is -1.07. The molecule has 21 heavy (non-hydrogen) atoms. The molecule has 0 aliphatic heterocycles. The van der Waals surface area contributed by atoms with Crippen molar-refractivity contribution >= 4 is 23.1 Å². The van der Waals surface area contributed by atoms with E-state index >= 15 is 0 Å². The Hall–Kier alpha value is -2.22. The minimum Gasteiger partial charge on any atom is -0.476 e. The molecule has 0 fully saturated rings. The van der Waals surface area contributed by atoms with Crippen LogP contribution in [0.25, 0.3) is 0 Å². The Morgan fingerprint density at radius 1 is 1.43 bits per heavy atom. The molecule has 0 aromatic carbocycles. The van der Waals surface area contributed by atoms with E-state index in [0.29, 0.717) is 5.01 Å². The lowest BCUT2D eigenvalue weighted by Crippen LogP contribution is -2.26. The standard InChI is InChI=1S/C13H16N4O3S/c1-7(2)17-5-4-14-10(12(17)18)15-8(3)11-16-9(6-21-11)13(19)20/h4-8H,1-3H3,(H,14,15)(H,19,20). The molecule has 0 bridgehead atoms. The number of anilines is 1. The fraction of sp³-hybridized carbons (Fsp3) is 0.385. The molecule has 1 atom stereocenters. The van der Waals surface area contributed by atoms with Crippen molar-refractivity contribution in [2.24, 2.45) is 0 Å². The summed E-state index contributed by atoms with van der Waals surface area (Å²) in [6.07, 6.45) is 3.19. The summed E-state index contributed by atoms with van der Waals surface area (Å²) in [5.74, 6) is -0.838. The molecule has 0 saturated heterocycles. The van der Waals surface area contributed by atoms with E-state index in [1.165, 1.54) is 16.7 Å². The smallest absolute Gasteiger partial charge is 0.355 e. The van der Waals surface area contributed by atoms with Crippen LogP contribution in [0.3, 0.4) is 0 Å². The molecule has 2 heterocycles. The number of hydrogen-bond acceptors (Lipinski definition) is 6. The molecule has 0 radical (unpaired) electrons. The molecule has 1 unspecified atom stereocenters. The van der Waals surface area contributed by atoms with E-state index in [1.807, 2.05) is 13.8 Å². The zero-order chi connectivity index (χ0) is 15.6. The van der Waals surface area contributed by atoms with E-state index in [1.54, 1.807) is 23.9 Å². The van der Waals surface area contributed by atoms with Crippen molar-refractivity contribution in [3.8, 4) is 0 Å². The monoisotopic (exact) mass is 308 g/mol. The van der Waals surface area contributed by atoms with Gasteiger partial charge in [0.2, 0.25) is 0 Å². The van der Waals surface area contributed by atoms with E-state index < -0.39 is 5.97 Å². The van der Waals surface area contributed by atoms with Crippen LogP contribution < -0.4 is 10.9 Å². The van der Waals surface area contributed by atoms with Crippen LogP contribution in [0.5, 0.6) is 0 Å². The largest absolute Gasteiger partial charge is 0.476 e. The van der Waals surface area contributed by atoms with Gasteiger partial charge >= 0.3 is 5.97 Å².